The second kappa shape index (κ2) is 4.57. The molecule has 0 aliphatic carbocycles. The van der Waals surface area contributed by atoms with E-state index >= 15 is 0 Å². The van der Waals surface area contributed by atoms with E-state index in [0.717, 1.165) is 30.4 Å². The Bertz CT molecular complexity index is 320. The molecule has 0 saturated carbocycles. The van der Waals surface area contributed by atoms with Gasteiger partial charge in [-0.15, -0.1) is 6.42 Å². The highest BCUT2D eigenvalue weighted by molar-refractivity contribution is 5.47. The zero-order chi connectivity index (χ0) is 9.68. The molecule has 13 heavy (non-hydrogen) atoms. The molecule has 1 aromatic rings. The molecule has 0 aliphatic rings. The lowest BCUT2D eigenvalue weighted by Gasteiger charge is -2.05. The van der Waals surface area contributed by atoms with E-state index in [9.17, 15) is 5.11 Å². The molecule has 0 unspecified atom stereocenters. The number of hydrogen-bond donors (Lipinski definition) is 1. The molecular formula is C12H14O. The van der Waals surface area contributed by atoms with Gasteiger partial charge in [-0.2, -0.15) is 0 Å². The lowest BCUT2D eigenvalue weighted by atomic mass is 10.0. The minimum Gasteiger partial charge on any atom is -0.508 e. The molecule has 0 aromatic heterocycles. The van der Waals surface area contributed by atoms with Crippen LogP contribution in [0.4, 0.5) is 0 Å². The van der Waals surface area contributed by atoms with Crippen molar-refractivity contribution in [1.29, 1.82) is 0 Å². The topological polar surface area (TPSA) is 20.2 Å². The van der Waals surface area contributed by atoms with Crippen LogP contribution in [0.15, 0.2) is 18.2 Å². The number of hydrogen-bond acceptors (Lipinski definition) is 1. The highest BCUT2D eigenvalue weighted by Crippen LogP contribution is 2.22. The van der Waals surface area contributed by atoms with E-state index in [1.165, 1.54) is 0 Å². The van der Waals surface area contributed by atoms with Crippen molar-refractivity contribution in [3.8, 4) is 18.1 Å². The van der Waals surface area contributed by atoms with Gasteiger partial charge >= 0.3 is 0 Å². The summed E-state index contributed by atoms with van der Waals surface area (Å²) in [5.41, 5.74) is 1.72. The van der Waals surface area contributed by atoms with Crippen molar-refractivity contribution in [1.82, 2.24) is 0 Å². The number of terminal acetylenes is 1. The van der Waals surface area contributed by atoms with Crippen molar-refractivity contribution in [2.45, 2.75) is 26.2 Å². The zero-order valence-electron chi connectivity index (χ0n) is 7.88. The number of phenolic OH excluding ortho intramolecular Hbond substituents is 1. The number of rotatable bonds is 3. The fraction of sp³-hybridized carbons (Fsp3) is 0.333. The van der Waals surface area contributed by atoms with Crippen molar-refractivity contribution in [3.63, 3.8) is 0 Å². The van der Waals surface area contributed by atoms with Crippen LogP contribution in [-0.2, 0) is 6.42 Å². The van der Waals surface area contributed by atoms with Gasteiger partial charge in [0.1, 0.15) is 5.75 Å². The summed E-state index contributed by atoms with van der Waals surface area (Å²) >= 11 is 0. The third-order valence-electron chi connectivity index (χ3n) is 2.09. The van der Waals surface area contributed by atoms with E-state index in [0.29, 0.717) is 5.75 Å². The minimum absolute atomic E-state index is 0.323. The number of aromatic hydroxyl groups is 1. The Morgan fingerprint density at radius 2 is 2.23 bits per heavy atom. The quantitative estimate of drug-likeness (QED) is 0.698. The average molecular weight is 174 g/mol. The van der Waals surface area contributed by atoms with Gasteiger partial charge in [0.15, 0.2) is 0 Å². The van der Waals surface area contributed by atoms with Crippen LogP contribution < -0.4 is 0 Å². The van der Waals surface area contributed by atoms with Gasteiger partial charge in [-0.05, 0) is 25.0 Å². The van der Waals surface area contributed by atoms with Gasteiger partial charge < -0.3 is 5.11 Å². The van der Waals surface area contributed by atoms with Crippen LogP contribution in [0, 0.1) is 12.3 Å². The maximum Gasteiger partial charge on any atom is 0.120 e. The van der Waals surface area contributed by atoms with E-state index in [-0.39, 0.29) is 0 Å². The molecule has 0 radical (unpaired) electrons. The molecule has 0 aliphatic heterocycles. The van der Waals surface area contributed by atoms with Gasteiger partial charge in [-0.3, -0.25) is 0 Å². The first kappa shape index (κ1) is 9.67. The largest absolute Gasteiger partial charge is 0.508 e. The van der Waals surface area contributed by atoms with Gasteiger partial charge in [0.05, 0.1) is 0 Å². The fourth-order valence-electron chi connectivity index (χ4n) is 1.33. The first-order valence-electron chi connectivity index (χ1n) is 4.57. The summed E-state index contributed by atoms with van der Waals surface area (Å²) in [5.74, 6) is 2.91. The third-order valence-corrected chi connectivity index (χ3v) is 2.09. The van der Waals surface area contributed by atoms with Gasteiger partial charge in [0, 0.05) is 11.1 Å². The molecular weight excluding hydrogens is 160 g/mol. The molecule has 1 heteroatoms. The van der Waals surface area contributed by atoms with Crippen molar-refractivity contribution >= 4 is 0 Å². The Morgan fingerprint density at radius 1 is 1.46 bits per heavy atom. The summed E-state index contributed by atoms with van der Waals surface area (Å²) in [6.07, 6.45) is 8.37. The van der Waals surface area contributed by atoms with Crippen LogP contribution >= 0.6 is 0 Å². The lowest BCUT2D eigenvalue weighted by Crippen LogP contribution is -1.90. The second-order valence-electron chi connectivity index (χ2n) is 3.05. The summed E-state index contributed by atoms with van der Waals surface area (Å²) in [6, 6.07) is 5.33. The molecule has 0 saturated heterocycles. The third kappa shape index (κ3) is 2.26. The molecule has 1 N–H and O–H groups in total. The van der Waals surface area contributed by atoms with Gasteiger partial charge in [0.2, 0.25) is 0 Å². The monoisotopic (exact) mass is 174 g/mol. The molecule has 0 bridgehead atoms. The molecule has 0 atom stereocenters. The molecule has 68 valence electrons. The Labute approximate surface area is 79.4 Å². The summed E-state index contributed by atoms with van der Waals surface area (Å²) in [4.78, 5) is 0. The summed E-state index contributed by atoms with van der Waals surface area (Å²) in [6.45, 7) is 2.12. The Kier molecular flexibility index (Phi) is 3.40. The van der Waals surface area contributed by atoms with Gasteiger partial charge in [-0.1, -0.05) is 25.3 Å². The Morgan fingerprint density at radius 3 is 2.85 bits per heavy atom. The molecule has 0 fully saturated rings. The fourth-order valence-corrected chi connectivity index (χ4v) is 1.33. The minimum atomic E-state index is 0.323. The molecule has 1 rings (SSSR count). The number of benzene rings is 1. The number of phenols is 1. The predicted octanol–water partition coefficient (Wildman–Crippen LogP) is 2.72. The van der Waals surface area contributed by atoms with Crippen molar-refractivity contribution in [2.24, 2.45) is 0 Å². The van der Waals surface area contributed by atoms with E-state index in [1.54, 1.807) is 12.1 Å². The smallest absolute Gasteiger partial charge is 0.120 e. The van der Waals surface area contributed by atoms with E-state index in [2.05, 4.69) is 12.8 Å². The van der Waals surface area contributed by atoms with Crippen LogP contribution in [0.1, 0.15) is 30.9 Å². The maximum absolute atomic E-state index is 9.55. The van der Waals surface area contributed by atoms with Crippen LogP contribution in [0.25, 0.3) is 0 Å². The first-order valence-corrected chi connectivity index (χ1v) is 4.57. The summed E-state index contributed by atoms with van der Waals surface area (Å²) < 4.78 is 0. The average Bonchev–Trinajstić information content (AvgIpc) is 2.15. The van der Waals surface area contributed by atoms with Crippen molar-refractivity contribution < 1.29 is 5.11 Å². The molecule has 0 amide bonds. The normalized spacial score (nSPS) is 9.54. The van der Waals surface area contributed by atoms with Crippen molar-refractivity contribution in [3.05, 3.63) is 29.3 Å². The maximum atomic E-state index is 9.55. The van der Waals surface area contributed by atoms with Crippen LogP contribution in [0.5, 0.6) is 5.75 Å². The standard InChI is InChI=1S/C12H14O/c1-3-5-8-11-10(4-2)7-6-9-12(11)13/h2,6-7,9,13H,3,5,8H2,1H3. The van der Waals surface area contributed by atoms with Crippen LogP contribution in [0.2, 0.25) is 0 Å². The zero-order valence-corrected chi connectivity index (χ0v) is 7.88. The van der Waals surface area contributed by atoms with E-state index in [1.807, 2.05) is 6.07 Å². The van der Waals surface area contributed by atoms with E-state index in [4.69, 9.17) is 6.42 Å². The molecule has 1 aromatic carbocycles. The van der Waals surface area contributed by atoms with Crippen LogP contribution in [-0.4, -0.2) is 5.11 Å². The summed E-state index contributed by atoms with van der Waals surface area (Å²) in [7, 11) is 0. The molecule has 0 spiro atoms. The highest BCUT2D eigenvalue weighted by Gasteiger charge is 2.04. The Balaban J connectivity index is 2.95. The predicted molar refractivity (Wildman–Crippen MR) is 54.7 cm³/mol. The first-order chi connectivity index (χ1) is 6.29. The molecule has 0 heterocycles. The second-order valence-corrected chi connectivity index (χ2v) is 3.05. The number of unbranched alkanes of at least 4 members (excludes halogenated alkanes) is 1. The SMILES string of the molecule is C#Cc1cccc(O)c1CCCC. The lowest BCUT2D eigenvalue weighted by molar-refractivity contribution is 0.466. The van der Waals surface area contributed by atoms with Gasteiger partial charge in [0.25, 0.3) is 0 Å². The van der Waals surface area contributed by atoms with Crippen LogP contribution in [0.3, 0.4) is 0 Å². The molecule has 1 nitrogen and oxygen atoms in total. The highest BCUT2D eigenvalue weighted by atomic mass is 16.3. The van der Waals surface area contributed by atoms with E-state index < -0.39 is 0 Å². The van der Waals surface area contributed by atoms with Crippen molar-refractivity contribution in [2.75, 3.05) is 0 Å². The van der Waals surface area contributed by atoms with Gasteiger partial charge in [-0.25, -0.2) is 0 Å². The Hall–Kier alpha value is -1.42. The summed E-state index contributed by atoms with van der Waals surface area (Å²) in [5, 5.41) is 9.55.